The van der Waals surface area contributed by atoms with E-state index in [-0.39, 0.29) is 17.4 Å². The molecule has 0 fully saturated rings. The maximum atomic E-state index is 11.9. The Morgan fingerprint density at radius 3 is 2.37 bits per heavy atom. The lowest BCUT2D eigenvalue weighted by atomic mass is 9.87. The molecule has 27 heavy (non-hydrogen) atoms. The van der Waals surface area contributed by atoms with Crippen LogP contribution in [0.5, 0.6) is 0 Å². The molecule has 2 aromatic carbocycles. The average molecular weight is 387 g/mol. The second kappa shape index (κ2) is 9.46. The molecule has 0 heterocycles. The molecule has 2 rings (SSSR count). The Balaban J connectivity index is 1.76. The highest BCUT2D eigenvalue weighted by Gasteiger charge is 2.13. The summed E-state index contributed by atoms with van der Waals surface area (Å²) in [4.78, 5) is 23.5. The number of carbonyl (C=O) groups is 2. The summed E-state index contributed by atoms with van der Waals surface area (Å²) in [6, 6.07) is 15.2. The highest BCUT2D eigenvalue weighted by atomic mass is 32.2. The van der Waals surface area contributed by atoms with E-state index in [1.807, 2.05) is 18.2 Å². The first kappa shape index (κ1) is 20.8. The van der Waals surface area contributed by atoms with Gasteiger partial charge in [-0.2, -0.15) is 0 Å². The van der Waals surface area contributed by atoms with Gasteiger partial charge in [-0.25, -0.2) is 9.59 Å². The lowest BCUT2D eigenvalue weighted by Crippen LogP contribution is -2.30. The van der Waals surface area contributed by atoms with E-state index in [2.05, 4.69) is 42.9 Å². The molecule has 2 aromatic rings. The lowest BCUT2D eigenvalue weighted by molar-refractivity contribution is 0.0600. The fourth-order valence-electron chi connectivity index (χ4n) is 2.43. The third-order valence-electron chi connectivity index (χ3n) is 4.02. The molecule has 0 spiro atoms. The molecule has 6 heteroatoms. The fraction of sp³-hybridized carbons (Fsp3) is 0.333. The van der Waals surface area contributed by atoms with Gasteiger partial charge in [0.15, 0.2) is 0 Å². The van der Waals surface area contributed by atoms with Crippen LogP contribution in [0.2, 0.25) is 0 Å². The monoisotopic (exact) mass is 386 g/mol. The molecular weight excluding hydrogens is 360 g/mol. The van der Waals surface area contributed by atoms with Crippen molar-refractivity contribution in [1.29, 1.82) is 0 Å². The van der Waals surface area contributed by atoms with Gasteiger partial charge in [0.2, 0.25) is 0 Å². The van der Waals surface area contributed by atoms with E-state index < -0.39 is 0 Å². The van der Waals surface area contributed by atoms with E-state index in [0.29, 0.717) is 17.9 Å². The van der Waals surface area contributed by atoms with E-state index in [1.165, 1.54) is 24.6 Å². The summed E-state index contributed by atoms with van der Waals surface area (Å²) >= 11 is 1.27. The minimum Gasteiger partial charge on any atom is -0.465 e. The molecule has 0 aliphatic heterocycles. The topological polar surface area (TPSA) is 67.4 Å². The first-order valence-corrected chi connectivity index (χ1v) is 9.70. The molecule has 5 nitrogen and oxygen atoms in total. The van der Waals surface area contributed by atoms with Crippen LogP contribution in [-0.4, -0.2) is 19.1 Å². The van der Waals surface area contributed by atoms with Gasteiger partial charge >= 0.3 is 12.0 Å². The van der Waals surface area contributed by atoms with E-state index >= 15 is 0 Å². The molecule has 0 unspecified atom stereocenters. The summed E-state index contributed by atoms with van der Waals surface area (Å²) in [7, 11) is 1.35. The van der Waals surface area contributed by atoms with Crippen LogP contribution in [0.15, 0.2) is 48.5 Å². The van der Waals surface area contributed by atoms with E-state index in [9.17, 15) is 9.59 Å². The standard InChI is InChI=1S/C21H26N2O3S/c1-21(2,3)18-10-8-15(9-11-18)13-22-20(25)23-27-14-16-6-5-7-17(12-16)19(24)26-4/h5-12H,13-14H2,1-4H3,(H2,22,23,25). The van der Waals surface area contributed by atoms with Gasteiger partial charge in [0.25, 0.3) is 0 Å². The number of amides is 2. The van der Waals surface area contributed by atoms with E-state index in [1.54, 1.807) is 18.2 Å². The number of rotatable bonds is 6. The summed E-state index contributed by atoms with van der Waals surface area (Å²) in [5.74, 6) is 0.184. The van der Waals surface area contributed by atoms with Crippen molar-refractivity contribution in [3.05, 3.63) is 70.8 Å². The summed E-state index contributed by atoms with van der Waals surface area (Å²) in [5.41, 5.74) is 3.86. The van der Waals surface area contributed by atoms with Crippen molar-refractivity contribution in [2.75, 3.05) is 7.11 Å². The van der Waals surface area contributed by atoms with Crippen molar-refractivity contribution in [1.82, 2.24) is 10.0 Å². The lowest BCUT2D eigenvalue weighted by Gasteiger charge is -2.19. The molecule has 0 saturated heterocycles. The summed E-state index contributed by atoms with van der Waals surface area (Å²) in [6.07, 6.45) is 0. The molecule has 2 amide bonds. The largest absolute Gasteiger partial charge is 0.465 e. The molecule has 0 aliphatic rings. The second-order valence-corrected chi connectivity index (χ2v) is 7.99. The van der Waals surface area contributed by atoms with Crippen molar-refractivity contribution >= 4 is 23.9 Å². The minimum atomic E-state index is -0.370. The average Bonchev–Trinajstić information content (AvgIpc) is 2.65. The molecular formula is C21H26N2O3S. The van der Waals surface area contributed by atoms with Crippen LogP contribution in [0.4, 0.5) is 4.79 Å². The Labute approximate surface area is 165 Å². The van der Waals surface area contributed by atoms with Gasteiger partial charge in [0.05, 0.1) is 12.7 Å². The predicted molar refractivity (Wildman–Crippen MR) is 110 cm³/mol. The summed E-state index contributed by atoms with van der Waals surface area (Å²) in [5, 5.41) is 2.84. The van der Waals surface area contributed by atoms with Gasteiger partial charge in [-0.1, -0.05) is 57.2 Å². The first-order valence-electron chi connectivity index (χ1n) is 8.72. The number of hydrogen-bond acceptors (Lipinski definition) is 4. The smallest absolute Gasteiger partial charge is 0.337 e. The highest BCUT2D eigenvalue weighted by Crippen LogP contribution is 2.22. The quantitative estimate of drug-likeness (QED) is 0.570. The summed E-state index contributed by atoms with van der Waals surface area (Å²) in [6.45, 7) is 6.98. The molecule has 0 aliphatic carbocycles. The Morgan fingerprint density at radius 1 is 1.04 bits per heavy atom. The SMILES string of the molecule is COC(=O)c1cccc(CSNC(=O)NCc2ccc(C(C)(C)C)cc2)c1. The minimum absolute atomic E-state index is 0.116. The van der Waals surface area contributed by atoms with Crippen LogP contribution >= 0.6 is 11.9 Å². The van der Waals surface area contributed by atoms with Crippen molar-refractivity contribution in [3.63, 3.8) is 0 Å². The third-order valence-corrected chi connectivity index (χ3v) is 4.83. The molecule has 2 N–H and O–H groups in total. The predicted octanol–water partition coefficient (Wildman–Crippen LogP) is 4.42. The Morgan fingerprint density at radius 2 is 1.74 bits per heavy atom. The second-order valence-electron chi connectivity index (χ2n) is 7.21. The zero-order valence-corrected chi connectivity index (χ0v) is 17.0. The van der Waals surface area contributed by atoms with Crippen LogP contribution in [0.1, 0.15) is 47.8 Å². The number of methoxy groups -OCH3 is 1. The Kier molecular flexibility index (Phi) is 7.30. The van der Waals surface area contributed by atoms with Crippen LogP contribution in [0.3, 0.4) is 0 Å². The Bertz CT molecular complexity index is 783. The maximum absolute atomic E-state index is 11.9. The van der Waals surface area contributed by atoms with Crippen molar-refractivity contribution < 1.29 is 14.3 Å². The van der Waals surface area contributed by atoms with Gasteiger partial charge in [-0.05, 0) is 46.2 Å². The molecule has 0 atom stereocenters. The van der Waals surface area contributed by atoms with Crippen molar-refractivity contribution in [2.24, 2.45) is 0 Å². The fourth-order valence-corrected chi connectivity index (χ4v) is 3.05. The molecule has 0 radical (unpaired) electrons. The number of urea groups is 1. The summed E-state index contributed by atoms with van der Waals surface area (Å²) < 4.78 is 7.46. The number of hydrogen-bond donors (Lipinski definition) is 2. The Hall–Kier alpha value is -2.47. The van der Waals surface area contributed by atoms with Gasteiger partial charge in [-0.15, -0.1) is 0 Å². The number of esters is 1. The van der Waals surface area contributed by atoms with Crippen molar-refractivity contribution in [3.8, 4) is 0 Å². The van der Waals surface area contributed by atoms with E-state index in [4.69, 9.17) is 4.74 Å². The first-order chi connectivity index (χ1) is 12.8. The van der Waals surface area contributed by atoms with Gasteiger partial charge < -0.3 is 10.1 Å². The third kappa shape index (κ3) is 6.64. The normalized spacial score (nSPS) is 11.0. The van der Waals surface area contributed by atoms with Gasteiger partial charge in [-0.3, -0.25) is 4.72 Å². The molecule has 0 bridgehead atoms. The van der Waals surface area contributed by atoms with Crippen molar-refractivity contribution in [2.45, 2.75) is 38.5 Å². The van der Waals surface area contributed by atoms with Gasteiger partial charge in [0, 0.05) is 12.3 Å². The van der Waals surface area contributed by atoms with Crippen LogP contribution in [0.25, 0.3) is 0 Å². The number of nitrogens with one attached hydrogen (secondary N) is 2. The zero-order valence-electron chi connectivity index (χ0n) is 16.2. The molecule has 0 saturated carbocycles. The number of carbonyl (C=O) groups excluding carboxylic acids is 2. The molecule has 144 valence electrons. The zero-order chi connectivity index (χ0) is 19.9. The van der Waals surface area contributed by atoms with Crippen LogP contribution in [0, 0.1) is 0 Å². The van der Waals surface area contributed by atoms with Crippen LogP contribution < -0.4 is 10.0 Å². The van der Waals surface area contributed by atoms with Gasteiger partial charge in [0.1, 0.15) is 0 Å². The van der Waals surface area contributed by atoms with E-state index in [0.717, 1.165) is 11.1 Å². The van der Waals surface area contributed by atoms with Crippen LogP contribution in [-0.2, 0) is 22.4 Å². The number of benzene rings is 2. The maximum Gasteiger partial charge on any atom is 0.337 e. The highest BCUT2D eigenvalue weighted by molar-refractivity contribution is 7.97. The molecule has 0 aromatic heterocycles. The number of ether oxygens (including phenoxy) is 1.